The molecule has 0 aromatic heterocycles. The van der Waals surface area contributed by atoms with Crippen molar-refractivity contribution in [1.82, 2.24) is 5.32 Å². The normalized spacial score (nSPS) is 23.9. The quantitative estimate of drug-likeness (QED) is 0.927. The molecule has 21 heavy (non-hydrogen) atoms. The van der Waals surface area contributed by atoms with Crippen molar-refractivity contribution in [2.75, 3.05) is 4.90 Å². The van der Waals surface area contributed by atoms with E-state index in [9.17, 15) is 14.0 Å². The molecule has 114 valence electrons. The van der Waals surface area contributed by atoms with E-state index in [1.807, 2.05) is 20.8 Å². The molecule has 0 spiro atoms. The molecule has 5 heteroatoms. The van der Waals surface area contributed by atoms with Gasteiger partial charge in [0.25, 0.3) is 5.91 Å². The lowest BCUT2D eigenvalue weighted by Crippen LogP contribution is -2.65. The van der Waals surface area contributed by atoms with E-state index in [1.165, 1.54) is 17.0 Å². The molecule has 3 unspecified atom stereocenters. The van der Waals surface area contributed by atoms with Gasteiger partial charge in [0.05, 0.1) is 0 Å². The fourth-order valence-corrected chi connectivity index (χ4v) is 2.65. The average molecular weight is 292 g/mol. The summed E-state index contributed by atoms with van der Waals surface area (Å²) in [5.41, 5.74) is 0.440. The number of anilines is 1. The molecular formula is C16H21FN2O2. The third kappa shape index (κ3) is 2.91. The molecule has 1 aromatic rings. The van der Waals surface area contributed by atoms with Gasteiger partial charge in [-0.1, -0.05) is 33.3 Å². The van der Waals surface area contributed by atoms with Gasteiger partial charge in [-0.15, -0.1) is 0 Å². The summed E-state index contributed by atoms with van der Waals surface area (Å²) in [5.74, 6) is -0.718. The highest BCUT2D eigenvalue weighted by atomic mass is 19.1. The number of halogens is 1. The molecule has 0 aliphatic carbocycles. The summed E-state index contributed by atoms with van der Waals surface area (Å²) < 4.78 is 13.5. The second-order valence-electron chi connectivity index (χ2n) is 5.48. The van der Waals surface area contributed by atoms with Crippen molar-refractivity contribution in [2.24, 2.45) is 5.92 Å². The van der Waals surface area contributed by atoms with Crippen LogP contribution in [0.5, 0.6) is 0 Å². The number of carbonyl (C=O) groups is 2. The Morgan fingerprint density at radius 2 is 2.05 bits per heavy atom. The largest absolute Gasteiger partial charge is 0.342 e. The van der Waals surface area contributed by atoms with E-state index < -0.39 is 17.9 Å². The summed E-state index contributed by atoms with van der Waals surface area (Å²) >= 11 is 0. The van der Waals surface area contributed by atoms with Gasteiger partial charge in [0.1, 0.15) is 17.9 Å². The van der Waals surface area contributed by atoms with Gasteiger partial charge in [-0.05, 0) is 30.5 Å². The molecule has 0 bridgehead atoms. The lowest BCUT2D eigenvalue weighted by atomic mass is 9.93. The minimum Gasteiger partial charge on any atom is -0.342 e. The van der Waals surface area contributed by atoms with Crippen LogP contribution in [-0.2, 0) is 9.59 Å². The number of nitrogens with one attached hydrogen (secondary N) is 1. The van der Waals surface area contributed by atoms with E-state index in [0.717, 1.165) is 6.42 Å². The van der Waals surface area contributed by atoms with E-state index in [1.54, 1.807) is 12.1 Å². The Balaban J connectivity index is 2.42. The van der Waals surface area contributed by atoms with Crippen LogP contribution in [0.25, 0.3) is 0 Å². The minimum atomic E-state index is -0.584. The maximum Gasteiger partial charge on any atom is 0.250 e. The Hall–Kier alpha value is -1.91. The zero-order valence-electron chi connectivity index (χ0n) is 12.6. The molecule has 2 amide bonds. The van der Waals surface area contributed by atoms with E-state index >= 15 is 0 Å². The third-order valence-electron chi connectivity index (χ3n) is 4.10. The fourth-order valence-electron chi connectivity index (χ4n) is 2.65. The smallest absolute Gasteiger partial charge is 0.250 e. The van der Waals surface area contributed by atoms with Gasteiger partial charge in [-0.25, -0.2) is 4.39 Å². The highest BCUT2D eigenvalue weighted by Crippen LogP contribution is 2.26. The van der Waals surface area contributed by atoms with E-state index in [2.05, 4.69) is 5.32 Å². The van der Waals surface area contributed by atoms with Crippen LogP contribution in [-0.4, -0.2) is 23.9 Å². The topological polar surface area (TPSA) is 49.4 Å². The average Bonchev–Trinajstić information content (AvgIpc) is 2.47. The van der Waals surface area contributed by atoms with Crippen molar-refractivity contribution in [1.29, 1.82) is 0 Å². The predicted molar refractivity (Wildman–Crippen MR) is 79.4 cm³/mol. The molecule has 1 aromatic carbocycles. The summed E-state index contributed by atoms with van der Waals surface area (Å²) in [6.45, 7) is 5.74. The Bertz CT molecular complexity index is 547. The van der Waals surface area contributed by atoms with Crippen LogP contribution >= 0.6 is 0 Å². The lowest BCUT2D eigenvalue weighted by Gasteiger charge is -2.40. The number of rotatable bonds is 4. The Labute approximate surface area is 124 Å². The van der Waals surface area contributed by atoms with Crippen LogP contribution in [0.3, 0.4) is 0 Å². The second-order valence-corrected chi connectivity index (χ2v) is 5.48. The predicted octanol–water partition coefficient (Wildman–Crippen LogP) is 2.48. The van der Waals surface area contributed by atoms with E-state index in [0.29, 0.717) is 12.1 Å². The van der Waals surface area contributed by atoms with Crippen molar-refractivity contribution < 1.29 is 14.0 Å². The first-order valence-corrected chi connectivity index (χ1v) is 7.38. The first-order chi connectivity index (χ1) is 9.99. The molecule has 4 nitrogen and oxygen atoms in total. The Morgan fingerprint density at radius 1 is 1.33 bits per heavy atom. The van der Waals surface area contributed by atoms with Crippen LogP contribution in [0.2, 0.25) is 0 Å². The minimum absolute atomic E-state index is 0.0373. The molecule has 1 fully saturated rings. The molecule has 1 heterocycles. The molecule has 0 radical (unpaired) electrons. The van der Waals surface area contributed by atoms with Crippen molar-refractivity contribution in [2.45, 2.75) is 45.7 Å². The number of carbonyl (C=O) groups excluding carboxylic acids is 2. The summed E-state index contributed by atoms with van der Waals surface area (Å²) in [7, 11) is 0. The molecule has 1 aliphatic heterocycles. The first kappa shape index (κ1) is 15.5. The number of amides is 2. The monoisotopic (exact) mass is 292 g/mol. The van der Waals surface area contributed by atoms with Crippen LogP contribution in [0.1, 0.15) is 33.6 Å². The molecule has 1 aliphatic rings. The van der Waals surface area contributed by atoms with Gasteiger partial charge in [-0.2, -0.15) is 0 Å². The van der Waals surface area contributed by atoms with E-state index in [4.69, 9.17) is 0 Å². The number of hydrogen-bond donors (Lipinski definition) is 1. The van der Waals surface area contributed by atoms with Gasteiger partial charge >= 0.3 is 0 Å². The molecule has 1 N–H and O–H groups in total. The standard InChI is InChI=1S/C16H21FN2O2/c1-4-10(3)14-16(21)19(13(5-2)15(20)18-14)12-8-6-7-11(17)9-12/h6-10,13-14H,4-5H2,1-3H3,(H,18,20). The zero-order valence-corrected chi connectivity index (χ0v) is 12.6. The van der Waals surface area contributed by atoms with Gasteiger partial charge in [0.15, 0.2) is 0 Å². The second kappa shape index (κ2) is 6.24. The summed E-state index contributed by atoms with van der Waals surface area (Å²) in [6.07, 6.45) is 1.27. The molecular weight excluding hydrogens is 271 g/mol. The van der Waals surface area contributed by atoms with Crippen LogP contribution in [0.4, 0.5) is 10.1 Å². The summed E-state index contributed by atoms with van der Waals surface area (Å²) in [6, 6.07) is 4.71. The maximum atomic E-state index is 13.5. The van der Waals surface area contributed by atoms with Crippen molar-refractivity contribution >= 4 is 17.5 Å². The van der Waals surface area contributed by atoms with Crippen molar-refractivity contribution in [3.05, 3.63) is 30.1 Å². The first-order valence-electron chi connectivity index (χ1n) is 7.38. The maximum absolute atomic E-state index is 13.5. The molecule has 2 rings (SSSR count). The Morgan fingerprint density at radius 3 is 2.62 bits per heavy atom. The van der Waals surface area contributed by atoms with Gasteiger partial charge in [-0.3, -0.25) is 14.5 Å². The van der Waals surface area contributed by atoms with Gasteiger partial charge < -0.3 is 5.32 Å². The lowest BCUT2D eigenvalue weighted by molar-refractivity contribution is -0.135. The molecule has 0 saturated carbocycles. The SMILES string of the molecule is CCC(C)C1NC(=O)C(CC)N(c2cccc(F)c2)C1=O. The Kier molecular flexibility index (Phi) is 4.60. The van der Waals surface area contributed by atoms with E-state index in [-0.39, 0.29) is 17.7 Å². The highest BCUT2D eigenvalue weighted by molar-refractivity contribution is 6.08. The van der Waals surface area contributed by atoms with Crippen LogP contribution in [0, 0.1) is 11.7 Å². The molecule has 1 saturated heterocycles. The number of benzene rings is 1. The van der Waals surface area contributed by atoms with Crippen molar-refractivity contribution in [3.63, 3.8) is 0 Å². The molecule has 3 atom stereocenters. The van der Waals surface area contributed by atoms with Crippen LogP contribution in [0.15, 0.2) is 24.3 Å². The van der Waals surface area contributed by atoms with Crippen LogP contribution < -0.4 is 10.2 Å². The van der Waals surface area contributed by atoms with Gasteiger partial charge in [0, 0.05) is 5.69 Å². The van der Waals surface area contributed by atoms with Gasteiger partial charge in [0.2, 0.25) is 5.91 Å². The number of piperazine rings is 1. The summed E-state index contributed by atoms with van der Waals surface area (Å²) in [5, 5.41) is 2.81. The third-order valence-corrected chi connectivity index (χ3v) is 4.10. The van der Waals surface area contributed by atoms with Crippen molar-refractivity contribution in [3.8, 4) is 0 Å². The fraction of sp³-hybridized carbons (Fsp3) is 0.500. The summed E-state index contributed by atoms with van der Waals surface area (Å²) in [4.78, 5) is 26.5. The number of nitrogens with zero attached hydrogens (tertiary/aromatic N) is 1. The zero-order chi connectivity index (χ0) is 15.6. The highest BCUT2D eigenvalue weighted by Gasteiger charge is 2.42. The number of hydrogen-bond acceptors (Lipinski definition) is 2.